The molecule has 0 bridgehead atoms. The van der Waals surface area contributed by atoms with Crippen LogP contribution in [0.3, 0.4) is 0 Å². The first-order valence-corrected chi connectivity index (χ1v) is 12.1. The fourth-order valence-electron chi connectivity index (χ4n) is 4.40. The van der Waals surface area contributed by atoms with Crippen LogP contribution in [0, 0.1) is 13.8 Å². The lowest BCUT2D eigenvalue weighted by atomic mass is 9.95. The van der Waals surface area contributed by atoms with Crippen molar-refractivity contribution in [1.82, 2.24) is 19.7 Å². The summed E-state index contributed by atoms with van der Waals surface area (Å²) in [6.07, 6.45) is 8.73. The first kappa shape index (κ1) is 23.5. The van der Waals surface area contributed by atoms with Crippen LogP contribution >= 0.6 is 0 Å². The number of carbonyl (C=O) groups excluding carboxylic acids is 2. The highest BCUT2D eigenvalue weighted by atomic mass is 16.5. The van der Waals surface area contributed by atoms with Crippen LogP contribution in [-0.4, -0.2) is 37.7 Å². The van der Waals surface area contributed by atoms with Gasteiger partial charge in [-0.05, 0) is 69.4 Å². The van der Waals surface area contributed by atoms with Gasteiger partial charge in [0.05, 0.1) is 29.6 Å². The Morgan fingerprint density at radius 3 is 2.69 bits per heavy atom. The number of hydrogen-bond donors (Lipinski definition) is 2. The van der Waals surface area contributed by atoms with Gasteiger partial charge in [-0.15, -0.1) is 0 Å². The molecule has 4 aromatic rings. The van der Waals surface area contributed by atoms with E-state index in [-0.39, 0.29) is 12.0 Å². The quantitative estimate of drug-likeness (QED) is 0.258. The SMILES string of the molecule is C=CC(=O)Nc1cc(-c2c(-c3cnn(C4CC4)c3)[nH]c3ncc(C(=O)OC(C)C)c(C)c23)ccc1C. The number of amides is 1. The van der Waals surface area contributed by atoms with Crippen LogP contribution in [0.25, 0.3) is 33.4 Å². The minimum atomic E-state index is -0.407. The normalized spacial score (nSPS) is 13.2. The monoisotopic (exact) mass is 483 g/mol. The van der Waals surface area contributed by atoms with Crippen LogP contribution in [0.15, 0.2) is 49.4 Å². The zero-order valence-corrected chi connectivity index (χ0v) is 20.9. The zero-order valence-electron chi connectivity index (χ0n) is 20.9. The predicted molar refractivity (Wildman–Crippen MR) is 140 cm³/mol. The molecule has 0 radical (unpaired) electrons. The molecule has 1 saturated carbocycles. The second-order valence-corrected chi connectivity index (χ2v) is 9.51. The molecule has 0 saturated heterocycles. The van der Waals surface area contributed by atoms with E-state index >= 15 is 0 Å². The molecule has 0 spiro atoms. The standard InChI is InChI=1S/C28H29N5O3/c1-6-23(34)31-22-11-18(8-7-16(22)4)25-24-17(5)21(28(35)36-15(2)3)13-29-27(24)32-26(25)19-12-30-33(14-19)20-9-10-20/h6-8,11-15,20H,1,9-10H2,2-5H3,(H,29,32)(H,31,34). The summed E-state index contributed by atoms with van der Waals surface area (Å²) in [5.41, 5.74) is 7.01. The molecule has 3 heterocycles. The molecule has 3 aromatic heterocycles. The number of nitrogens with one attached hydrogen (secondary N) is 2. The Morgan fingerprint density at radius 2 is 2.00 bits per heavy atom. The van der Waals surface area contributed by atoms with Crippen LogP contribution in [0.4, 0.5) is 5.69 Å². The average Bonchev–Trinajstić information content (AvgIpc) is 3.43. The van der Waals surface area contributed by atoms with Crippen LogP contribution < -0.4 is 5.32 Å². The number of aromatic nitrogens is 4. The number of aryl methyl sites for hydroxylation is 2. The third-order valence-corrected chi connectivity index (χ3v) is 6.43. The lowest BCUT2D eigenvalue weighted by Crippen LogP contribution is -2.13. The Balaban J connectivity index is 1.74. The maximum absolute atomic E-state index is 12.8. The van der Waals surface area contributed by atoms with Crippen molar-refractivity contribution in [2.75, 3.05) is 5.32 Å². The minimum absolute atomic E-state index is 0.241. The van der Waals surface area contributed by atoms with Crippen molar-refractivity contribution in [3.8, 4) is 22.4 Å². The highest BCUT2D eigenvalue weighted by Crippen LogP contribution is 2.42. The van der Waals surface area contributed by atoms with Crippen LogP contribution in [-0.2, 0) is 9.53 Å². The number of hydrogen-bond acceptors (Lipinski definition) is 5. The first-order valence-electron chi connectivity index (χ1n) is 12.1. The van der Waals surface area contributed by atoms with Crippen molar-refractivity contribution < 1.29 is 14.3 Å². The number of nitrogens with zero attached hydrogens (tertiary/aromatic N) is 3. The van der Waals surface area contributed by atoms with Gasteiger partial charge in [-0.1, -0.05) is 18.7 Å². The number of benzene rings is 1. The van der Waals surface area contributed by atoms with Gasteiger partial charge in [-0.3, -0.25) is 9.48 Å². The Bertz CT molecular complexity index is 1510. The molecule has 1 aliphatic carbocycles. The van der Waals surface area contributed by atoms with E-state index < -0.39 is 5.97 Å². The van der Waals surface area contributed by atoms with E-state index in [0.29, 0.717) is 22.9 Å². The number of esters is 1. The molecule has 36 heavy (non-hydrogen) atoms. The van der Waals surface area contributed by atoms with Gasteiger partial charge in [-0.25, -0.2) is 9.78 Å². The van der Waals surface area contributed by atoms with Crippen molar-refractivity contribution in [2.45, 2.75) is 52.7 Å². The Morgan fingerprint density at radius 1 is 1.22 bits per heavy atom. The maximum atomic E-state index is 12.8. The molecule has 1 aromatic carbocycles. The second-order valence-electron chi connectivity index (χ2n) is 9.51. The van der Waals surface area contributed by atoms with E-state index in [2.05, 4.69) is 27.0 Å². The number of fused-ring (bicyclic) bond motifs is 1. The minimum Gasteiger partial charge on any atom is -0.459 e. The molecule has 0 atom stereocenters. The molecule has 1 aliphatic rings. The summed E-state index contributed by atoms with van der Waals surface area (Å²) in [7, 11) is 0. The van der Waals surface area contributed by atoms with E-state index in [1.165, 1.54) is 6.08 Å². The first-order chi connectivity index (χ1) is 17.3. The van der Waals surface area contributed by atoms with Crippen molar-refractivity contribution in [1.29, 1.82) is 0 Å². The number of ether oxygens (including phenoxy) is 1. The summed E-state index contributed by atoms with van der Waals surface area (Å²) in [6.45, 7) is 11.0. The van der Waals surface area contributed by atoms with Gasteiger partial charge in [0, 0.05) is 34.6 Å². The van der Waals surface area contributed by atoms with Crippen LogP contribution in [0.1, 0.15) is 54.2 Å². The van der Waals surface area contributed by atoms with Crippen molar-refractivity contribution in [3.63, 3.8) is 0 Å². The number of aromatic amines is 1. The number of rotatable bonds is 7. The molecule has 1 amide bonds. The van der Waals surface area contributed by atoms with Gasteiger partial charge >= 0.3 is 5.97 Å². The summed E-state index contributed by atoms with van der Waals surface area (Å²) in [5, 5.41) is 8.29. The van der Waals surface area contributed by atoms with E-state index in [1.54, 1.807) is 6.20 Å². The second kappa shape index (κ2) is 9.11. The van der Waals surface area contributed by atoms with E-state index in [9.17, 15) is 9.59 Å². The Labute approximate surface area is 209 Å². The average molecular weight is 484 g/mol. The highest BCUT2D eigenvalue weighted by Gasteiger charge is 2.27. The molecule has 8 nitrogen and oxygen atoms in total. The maximum Gasteiger partial charge on any atom is 0.340 e. The number of pyridine rings is 1. The predicted octanol–water partition coefficient (Wildman–Crippen LogP) is 5.73. The van der Waals surface area contributed by atoms with E-state index in [1.807, 2.05) is 63.0 Å². The van der Waals surface area contributed by atoms with Gasteiger partial charge in [0.25, 0.3) is 0 Å². The van der Waals surface area contributed by atoms with Gasteiger partial charge in [0.1, 0.15) is 5.65 Å². The molecule has 184 valence electrons. The van der Waals surface area contributed by atoms with Crippen LogP contribution in [0.5, 0.6) is 0 Å². The number of anilines is 1. The number of carbonyl (C=O) groups is 2. The van der Waals surface area contributed by atoms with Crippen molar-refractivity contribution in [3.05, 3.63) is 66.1 Å². The Kier molecular flexibility index (Phi) is 5.96. The topological polar surface area (TPSA) is 102 Å². The van der Waals surface area contributed by atoms with Crippen molar-refractivity contribution >= 4 is 28.6 Å². The molecule has 2 N–H and O–H groups in total. The lowest BCUT2D eigenvalue weighted by Gasteiger charge is -2.13. The summed E-state index contributed by atoms with van der Waals surface area (Å²) in [5.74, 6) is -0.688. The smallest absolute Gasteiger partial charge is 0.340 e. The molecule has 0 unspecified atom stereocenters. The molecular weight excluding hydrogens is 454 g/mol. The van der Waals surface area contributed by atoms with E-state index in [4.69, 9.17) is 4.74 Å². The molecule has 5 rings (SSSR count). The lowest BCUT2D eigenvalue weighted by molar-refractivity contribution is -0.111. The third-order valence-electron chi connectivity index (χ3n) is 6.43. The zero-order chi connectivity index (χ0) is 25.6. The van der Waals surface area contributed by atoms with Gasteiger partial charge < -0.3 is 15.0 Å². The van der Waals surface area contributed by atoms with Gasteiger partial charge in [0.15, 0.2) is 0 Å². The largest absolute Gasteiger partial charge is 0.459 e. The summed E-state index contributed by atoms with van der Waals surface area (Å²) < 4.78 is 7.47. The summed E-state index contributed by atoms with van der Waals surface area (Å²) in [4.78, 5) is 33.0. The molecule has 8 heteroatoms. The summed E-state index contributed by atoms with van der Waals surface area (Å²) in [6, 6.07) is 6.36. The van der Waals surface area contributed by atoms with Crippen LogP contribution in [0.2, 0.25) is 0 Å². The third kappa shape index (κ3) is 4.30. The van der Waals surface area contributed by atoms with Crippen molar-refractivity contribution in [2.24, 2.45) is 0 Å². The molecule has 1 fully saturated rings. The summed E-state index contributed by atoms with van der Waals surface area (Å²) >= 11 is 0. The number of H-pyrrole nitrogens is 1. The van der Waals surface area contributed by atoms with Gasteiger partial charge in [0.2, 0.25) is 5.91 Å². The Hall–Kier alpha value is -4.20. The molecular formula is C28H29N5O3. The fourth-order valence-corrected chi connectivity index (χ4v) is 4.40. The van der Waals surface area contributed by atoms with Gasteiger partial charge in [-0.2, -0.15) is 5.10 Å². The molecule has 0 aliphatic heterocycles. The fraction of sp³-hybridized carbons (Fsp3) is 0.286. The van der Waals surface area contributed by atoms with E-state index in [0.717, 1.165) is 51.7 Å². The highest BCUT2D eigenvalue weighted by molar-refractivity contribution is 6.08.